The van der Waals surface area contributed by atoms with Crippen LogP contribution in [0.5, 0.6) is 5.75 Å². The molecule has 2 unspecified atom stereocenters. The number of anilines is 1. The van der Waals surface area contributed by atoms with E-state index in [2.05, 4.69) is 22.1 Å². The molecule has 1 aromatic heterocycles. The summed E-state index contributed by atoms with van der Waals surface area (Å²) in [6.07, 6.45) is 4.63. The molecule has 2 atom stereocenters. The summed E-state index contributed by atoms with van der Waals surface area (Å²) in [5.41, 5.74) is 1.97. The van der Waals surface area contributed by atoms with Gasteiger partial charge in [0.05, 0.1) is 32.3 Å². The van der Waals surface area contributed by atoms with E-state index < -0.39 is 0 Å². The van der Waals surface area contributed by atoms with Gasteiger partial charge < -0.3 is 24.6 Å². The van der Waals surface area contributed by atoms with Gasteiger partial charge in [-0.3, -0.25) is 9.59 Å². The number of hydrogen-bond donors (Lipinski definition) is 1. The van der Waals surface area contributed by atoms with Gasteiger partial charge in [-0.05, 0) is 48.2 Å². The minimum Gasteiger partial charge on any atom is -0.497 e. The van der Waals surface area contributed by atoms with E-state index in [0.29, 0.717) is 39.1 Å². The van der Waals surface area contributed by atoms with Gasteiger partial charge in [-0.1, -0.05) is 25.5 Å². The molecule has 0 spiro atoms. The number of nitrogens with one attached hydrogen (secondary N) is 1. The molecule has 8 nitrogen and oxygen atoms in total. The van der Waals surface area contributed by atoms with Gasteiger partial charge in [0.15, 0.2) is 0 Å². The largest absolute Gasteiger partial charge is 0.497 e. The number of methoxy groups -OCH3 is 1. The Bertz CT molecular complexity index is 991. The van der Waals surface area contributed by atoms with E-state index in [1.54, 1.807) is 13.3 Å². The summed E-state index contributed by atoms with van der Waals surface area (Å²) in [6.45, 7) is 6.22. The molecule has 2 aromatic rings. The van der Waals surface area contributed by atoms with Crippen LogP contribution in [0.4, 0.5) is 5.82 Å². The SMILES string of the molecule is CCCCN1C(=O)CCC(C(=O)NCc2ccnc(N3CCOCC3)c2)C1c1ccc(OC)cc1. The summed E-state index contributed by atoms with van der Waals surface area (Å²) in [6, 6.07) is 11.4. The number of carbonyl (C=O) groups is 2. The number of aromatic nitrogens is 1. The molecule has 0 aliphatic carbocycles. The van der Waals surface area contributed by atoms with Crippen LogP contribution in [0.2, 0.25) is 0 Å². The van der Waals surface area contributed by atoms with Crippen molar-refractivity contribution in [1.82, 2.24) is 15.2 Å². The Balaban J connectivity index is 1.49. The molecule has 1 N–H and O–H groups in total. The van der Waals surface area contributed by atoms with Crippen LogP contribution in [-0.2, 0) is 20.9 Å². The molecule has 2 aliphatic rings. The molecule has 0 bridgehead atoms. The van der Waals surface area contributed by atoms with Gasteiger partial charge >= 0.3 is 0 Å². The summed E-state index contributed by atoms with van der Waals surface area (Å²) in [5, 5.41) is 3.14. The number of ether oxygens (including phenoxy) is 2. The number of likely N-dealkylation sites (tertiary alicyclic amines) is 1. The molecule has 8 heteroatoms. The highest BCUT2D eigenvalue weighted by Crippen LogP contribution is 2.37. The fourth-order valence-electron chi connectivity index (χ4n) is 4.89. The first kappa shape index (κ1) is 25.0. The number of nitrogens with zero attached hydrogens (tertiary/aromatic N) is 3. The minimum atomic E-state index is -0.307. The van der Waals surface area contributed by atoms with Crippen molar-refractivity contribution in [2.45, 2.75) is 45.2 Å². The molecule has 0 saturated carbocycles. The van der Waals surface area contributed by atoms with E-state index in [-0.39, 0.29) is 23.8 Å². The Morgan fingerprint density at radius 1 is 1.20 bits per heavy atom. The van der Waals surface area contributed by atoms with E-state index in [9.17, 15) is 9.59 Å². The Morgan fingerprint density at radius 3 is 2.69 bits per heavy atom. The van der Waals surface area contributed by atoms with Crippen LogP contribution >= 0.6 is 0 Å². The monoisotopic (exact) mass is 480 g/mol. The van der Waals surface area contributed by atoms with Crippen LogP contribution in [0.15, 0.2) is 42.6 Å². The zero-order valence-corrected chi connectivity index (χ0v) is 20.7. The Kier molecular flexibility index (Phi) is 8.58. The lowest BCUT2D eigenvalue weighted by Gasteiger charge is -2.41. The minimum absolute atomic E-state index is 0.0236. The number of carbonyl (C=O) groups excluding carboxylic acids is 2. The normalized spacial score (nSPS) is 20.6. The number of morpholine rings is 1. The van der Waals surface area contributed by atoms with E-state index in [1.807, 2.05) is 41.3 Å². The summed E-state index contributed by atoms with van der Waals surface area (Å²) < 4.78 is 10.7. The number of hydrogen-bond acceptors (Lipinski definition) is 6. The molecule has 2 aliphatic heterocycles. The maximum atomic E-state index is 13.5. The van der Waals surface area contributed by atoms with E-state index >= 15 is 0 Å². The van der Waals surface area contributed by atoms with Crippen molar-refractivity contribution in [2.24, 2.45) is 5.92 Å². The lowest BCUT2D eigenvalue weighted by Crippen LogP contribution is -2.48. The van der Waals surface area contributed by atoms with E-state index in [1.165, 1.54) is 0 Å². The van der Waals surface area contributed by atoms with Crippen LogP contribution in [0.3, 0.4) is 0 Å². The number of piperidine rings is 1. The van der Waals surface area contributed by atoms with Crippen molar-refractivity contribution in [2.75, 3.05) is 44.9 Å². The Morgan fingerprint density at radius 2 is 1.97 bits per heavy atom. The zero-order valence-electron chi connectivity index (χ0n) is 20.7. The summed E-state index contributed by atoms with van der Waals surface area (Å²) in [7, 11) is 1.63. The standard InChI is InChI=1S/C27H36N4O4/c1-3-4-13-31-25(32)10-9-23(26(31)21-5-7-22(34-2)8-6-21)27(33)29-19-20-11-12-28-24(18-20)30-14-16-35-17-15-30/h5-8,11-12,18,23,26H,3-4,9-10,13-17,19H2,1-2H3,(H,29,33). The zero-order chi connectivity index (χ0) is 24.6. The molecule has 4 rings (SSSR count). The van der Waals surface area contributed by atoms with Gasteiger partial charge in [0.25, 0.3) is 0 Å². The molecule has 3 heterocycles. The van der Waals surface area contributed by atoms with Gasteiger partial charge in [0.1, 0.15) is 11.6 Å². The third-order valence-electron chi connectivity index (χ3n) is 6.86. The summed E-state index contributed by atoms with van der Waals surface area (Å²) >= 11 is 0. The molecule has 188 valence electrons. The highest BCUT2D eigenvalue weighted by Gasteiger charge is 2.40. The third-order valence-corrected chi connectivity index (χ3v) is 6.86. The number of benzene rings is 1. The van der Waals surface area contributed by atoms with Crippen molar-refractivity contribution in [3.8, 4) is 5.75 Å². The van der Waals surface area contributed by atoms with Gasteiger partial charge in [0, 0.05) is 38.8 Å². The van der Waals surface area contributed by atoms with Crippen LogP contribution in [0, 0.1) is 5.92 Å². The van der Waals surface area contributed by atoms with Gasteiger partial charge in [0.2, 0.25) is 11.8 Å². The average molecular weight is 481 g/mol. The van der Waals surface area contributed by atoms with E-state index in [0.717, 1.165) is 48.6 Å². The van der Waals surface area contributed by atoms with Crippen LogP contribution in [0.25, 0.3) is 0 Å². The maximum absolute atomic E-state index is 13.5. The fraction of sp³-hybridized carbons (Fsp3) is 0.519. The number of amides is 2. The van der Waals surface area contributed by atoms with Crippen molar-refractivity contribution < 1.29 is 19.1 Å². The first-order valence-electron chi connectivity index (χ1n) is 12.6. The predicted molar refractivity (Wildman–Crippen MR) is 134 cm³/mol. The number of unbranched alkanes of at least 4 members (excludes halogenated alkanes) is 1. The second-order valence-corrected chi connectivity index (χ2v) is 9.14. The fourth-order valence-corrected chi connectivity index (χ4v) is 4.89. The molecule has 1 aromatic carbocycles. The first-order chi connectivity index (χ1) is 17.1. The molecular weight excluding hydrogens is 444 g/mol. The quantitative estimate of drug-likeness (QED) is 0.593. The molecule has 0 radical (unpaired) electrons. The molecule has 35 heavy (non-hydrogen) atoms. The van der Waals surface area contributed by atoms with E-state index in [4.69, 9.17) is 9.47 Å². The van der Waals surface area contributed by atoms with Crippen LogP contribution < -0.4 is 15.0 Å². The summed E-state index contributed by atoms with van der Waals surface area (Å²) in [4.78, 5) is 35.0. The molecule has 2 fully saturated rings. The molecular formula is C27H36N4O4. The van der Waals surface area contributed by atoms with Gasteiger partial charge in [-0.25, -0.2) is 4.98 Å². The highest BCUT2D eigenvalue weighted by atomic mass is 16.5. The Labute approximate surface area is 207 Å². The second kappa shape index (κ2) is 12.0. The number of pyridine rings is 1. The van der Waals surface area contributed by atoms with Crippen molar-refractivity contribution in [3.05, 3.63) is 53.7 Å². The van der Waals surface area contributed by atoms with Crippen molar-refractivity contribution in [1.29, 1.82) is 0 Å². The Hall–Kier alpha value is -3.13. The molecule has 2 amide bonds. The topological polar surface area (TPSA) is 84.0 Å². The second-order valence-electron chi connectivity index (χ2n) is 9.14. The predicted octanol–water partition coefficient (Wildman–Crippen LogP) is 3.32. The van der Waals surface area contributed by atoms with Crippen molar-refractivity contribution >= 4 is 17.6 Å². The van der Waals surface area contributed by atoms with Crippen LogP contribution in [0.1, 0.15) is 49.8 Å². The van der Waals surface area contributed by atoms with Gasteiger partial charge in [-0.2, -0.15) is 0 Å². The van der Waals surface area contributed by atoms with Gasteiger partial charge in [-0.15, -0.1) is 0 Å². The smallest absolute Gasteiger partial charge is 0.225 e. The number of rotatable bonds is 9. The lowest BCUT2D eigenvalue weighted by molar-refractivity contribution is -0.143. The summed E-state index contributed by atoms with van der Waals surface area (Å²) in [5.74, 6) is 1.45. The third kappa shape index (κ3) is 6.11. The lowest BCUT2D eigenvalue weighted by atomic mass is 9.83. The average Bonchev–Trinajstić information content (AvgIpc) is 2.91. The highest BCUT2D eigenvalue weighted by molar-refractivity contribution is 5.85. The maximum Gasteiger partial charge on any atom is 0.225 e. The van der Waals surface area contributed by atoms with Crippen molar-refractivity contribution in [3.63, 3.8) is 0 Å². The van der Waals surface area contributed by atoms with Crippen LogP contribution in [-0.4, -0.2) is 61.7 Å². The molecule has 2 saturated heterocycles. The first-order valence-corrected chi connectivity index (χ1v) is 12.6.